The number of nitrogens with zero attached hydrogens (tertiary/aromatic N) is 4. The molecule has 3 atom stereocenters. The minimum Gasteiger partial charge on any atom is -0.480 e. The molecule has 1 rings (SSSR count). The highest BCUT2D eigenvalue weighted by molar-refractivity contribution is 5.78. The maximum atomic E-state index is 12.6. The molecule has 8 N–H and O–H groups in total. The van der Waals surface area contributed by atoms with Gasteiger partial charge in [0, 0.05) is 58.9 Å². The van der Waals surface area contributed by atoms with E-state index in [1.807, 2.05) is 0 Å². The number of carbonyl (C=O) groups is 3. The number of rotatable bonds is 17. The number of nitrogens with one attached hydrogen (secondary N) is 1. The van der Waals surface area contributed by atoms with E-state index < -0.39 is 49.9 Å². The Morgan fingerprint density at radius 3 is 1.65 bits per heavy atom. The van der Waals surface area contributed by atoms with Gasteiger partial charge in [0.15, 0.2) is 0 Å². The summed E-state index contributed by atoms with van der Waals surface area (Å²) in [6.45, 7) is -0.343. The van der Waals surface area contributed by atoms with Gasteiger partial charge in [-0.25, -0.2) is 4.89 Å². The zero-order valence-electron chi connectivity index (χ0n) is 22.7. The van der Waals surface area contributed by atoms with Crippen LogP contribution in [0, 0.1) is 0 Å². The maximum absolute atomic E-state index is 12.6. The van der Waals surface area contributed by atoms with Crippen molar-refractivity contribution in [2.75, 3.05) is 112 Å². The van der Waals surface area contributed by atoms with Gasteiger partial charge in [-0.15, -0.1) is 0 Å². The molecule has 0 spiro atoms. The molecule has 1 aliphatic heterocycles. The van der Waals surface area contributed by atoms with E-state index in [4.69, 9.17) is 15.1 Å². The minimum atomic E-state index is -1.23. The lowest BCUT2D eigenvalue weighted by atomic mass is 10.2. The lowest BCUT2D eigenvalue weighted by Gasteiger charge is -2.38. The second-order valence-corrected chi connectivity index (χ2v) is 9.28. The zero-order chi connectivity index (χ0) is 29.9. The Morgan fingerprint density at radius 1 is 0.725 bits per heavy atom. The molecule has 40 heavy (non-hydrogen) atoms. The number of aliphatic hydroxyl groups is 4. The van der Waals surface area contributed by atoms with E-state index in [1.54, 1.807) is 19.6 Å². The number of aliphatic hydroxyl groups excluding tert-OH is 4. The van der Waals surface area contributed by atoms with Gasteiger partial charge in [-0.2, -0.15) is 0 Å². The van der Waals surface area contributed by atoms with Crippen molar-refractivity contribution in [2.45, 2.75) is 18.1 Å². The van der Waals surface area contributed by atoms with Gasteiger partial charge in [-0.05, 0) is 0 Å². The van der Waals surface area contributed by atoms with Crippen molar-refractivity contribution in [3.8, 4) is 0 Å². The molecular formula is C23H45N5O12. The fourth-order valence-electron chi connectivity index (χ4n) is 4.39. The predicted octanol–water partition coefficient (Wildman–Crippen LogP) is -4.93. The van der Waals surface area contributed by atoms with Gasteiger partial charge in [-0.1, -0.05) is 0 Å². The van der Waals surface area contributed by atoms with Crippen LogP contribution in [0.5, 0.6) is 0 Å². The third-order valence-electron chi connectivity index (χ3n) is 6.72. The van der Waals surface area contributed by atoms with Crippen molar-refractivity contribution in [2.24, 2.45) is 0 Å². The number of ether oxygens (including phenoxy) is 1. The average molecular weight is 584 g/mol. The molecule has 0 aliphatic carbocycles. The second-order valence-electron chi connectivity index (χ2n) is 9.28. The topological polar surface area (TPSA) is 236 Å². The first kappa shape index (κ1) is 36.0. The van der Waals surface area contributed by atoms with Crippen LogP contribution in [0.15, 0.2) is 0 Å². The summed E-state index contributed by atoms with van der Waals surface area (Å²) < 4.78 is 5.12. The van der Waals surface area contributed by atoms with Crippen LogP contribution in [-0.4, -0.2) is 203 Å². The fraction of sp³-hybridized carbons (Fsp3) is 0.870. The number of amides is 1. The van der Waals surface area contributed by atoms with Gasteiger partial charge >= 0.3 is 11.9 Å². The van der Waals surface area contributed by atoms with E-state index >= 15 is 0 Å². The van der Waals surface area contributed by atoms with Crippen LogP contribution >= 0.6 is 0 Å². The molecule has 0 aromatic heterocycles. The smallest absolute Gasteiger partial charge is 0.323 e. The number of carboxylic acid groups (broad SMARTS) is 2. The van der Waals surface area contributed by atoms with Crippen LogP contribution in [0.2, 0.25) is 0 Å². The van der Waals surface area contributed by atoms with Crippen LogP contribution in [0.25, 0.3) is 0 Å². The number of carbonyl (C=O) groups excluding carboxylic acids is 1. The summed E-state index contributed by atoms with van der Waals surface area (Å²) in [7, 11) is 0. The minimum absolute atomic E-state index is 0.0814. The van der Waals surface area contributed by atoms with E-state index in [-0.39, 0.29) is 97.8 Å². The molecule has 17 nitrogen and oxygen atoms in total. The maximum Gasteiger partial charge on any atom is 0.323 e. The molecule has 1 saturated heterocycles. The lowest BCUT2D eigenvalue weighted by Crippen LogP contribution is -2.56. The Kier molecular flexibility index (Phi) is 18.7. The van der Waals surface area contributed by atoms with Crippen molar-refractivity contribution in [3.05, 3.63) is 0 Å². The summed E-state index contributed by atoms with van der Waals surface area (Å²) in [6, 6.07) is -3.14. The summed E-state index contributed by atoms with van der Waals surface area (Å²) >= 11 is 0. The summed E-state index contributed by atoms with van der Waals surface area (Å²) in [4.78, 5) is 47.0. The van der Waals surface area contributed by atoms with Crippen LogP contribution in [-0.2, 0) is 24.0 Å². The molecule has 3 unspecified atom stereocenters. The summed E-state index contributed by atoms with van der Waals surface area (Å²) in [5.74, 6) is -2.80. The van der Waals surface area contributed by atoms with Crippen molar-refractivity contribution in [1.29, 1.82) is 0 Å². The standard InChI is InChI=1S/C23H45N5O12/c29-10-12-39-11-1-24-21(33)13-25-2-4-27(19(15-31)22(34)35)8-6-26(18(14-30)17-40-38)7-9-28(5-3-25)20(16-32)23(36)37/h18-20,29-32,38H,1-17H2,(H,24,33)(H,34,35)(H,36,37). The van der Waals surface area contributed by atoms with Crippen molar-refractivity contribution >= 4 is 17.8 Å². The van der Waals surface area contributed by atoms with Gasteiger partial charge in [0.05, 0.1) is 58.8 Å². The molecule has 0 radical (unpaired) electrons. The predicted molar refractivity (Wildman–Crippen MR) is 139 cm³/mol. The third-order valence-corrected chi connectivity index (χ3v) is 6.72. The van der Waals surface area contributed by atoms with Crippen LogP contribution in [0.1, 0.15) is 0 Å². The van der Waals surface area contributed by atoms with Gasteiger partial charge in [-0.3, -0.25) is 39.2 Å². The lowest BCUT2D eigenvalue weighted by molar-refractivity contribution is -0.254. The van der Waals surface area contributed by atoms with Crippen LogP contribution < -0.4 is 5.32 Å². The normalized spacial score (nSPS) is 19.7. The number of hydrogen-bond donors (Lipinski definition) is 8. The van der Waals surface area contributed by atoms with Gasteiger partial charge in [0.1, 0.15) is 12.1 Å². The van der Waals surface area contributed by atoms with E-state index in [2.05, 4.69) is 10.2 Å². The van der Waals surface area contributed by atoms with Crippen LogP contribution in [0.3, 0.4) is 0 Å². The van der Waals surface area contributed by atoms with E-state index in [1.165, 1.54) is 0 Å². The Labute approximate surface area is 233 Å². The quantitative estimate of drug-likeness (QED) is 0.0455. The number of hydrogen-bond acceptors (Lipinski definition) is 14. The zero-order valence-corrected chi connectivity index (χ0v) is 22.7. The van der Waals surface area contributed by atoms with Crippen molar-refractivity contribution in [3.63, 3.8) is 0 Å². The summed E-state index contributed by atoms with van der Waals surface area (Å²) in [6.07, 6.45) is 0. The molecule has 0 aromatic rings. The number of carboxylic acids is 2. The molecular weight excluding hydrogens is 538 g/mol. The molecule has 1 aliphatic rings. The Morgan fingerprint density at radius 2 is 1.23 bits per heavy atom. The first-order chi connectivity index (χ1) is 19.2. The molecule has 0 aromatic carbocycles. The molecule has 234 valence electrons. The van der Waals surface area contributed by atoms with Gasteiger partial charge in [0.25, 0.3) is 0 Å². The SMILES string of the molecule is O=C(CN1CCN(C(CO)C(=O)O)CCN(C(CO)COO)CCN(C(CO)C(=O)O)CC1)NCCOCCO. The monoisotopic (exact) mass is 583 g/mol. The Bertz CT molecular complexity index is 698. The molecule has 0 bridgehead atoms. The molecule has 1 fully saturated rings. The van der Waals surface area contributed by atoms with E-state index in [0.29, 0.717) is 0 Å². The van der Waals surface area contributed by atoms with Gasteiger partial charge < -0.3 is 40.7 Å². The first-order valence-corrected chi connectivity index (χ1v) is 13.2. The fourth-order valence-corrected chi connectivity index (χ4v) is 4.39. The summed E-state index contributed by atoms with van der Waals surface area (Å²) in [5, 5.41) is 69.1. The molecule has 1 amide bonds. The average Bonchev–Trinajstić information content (AvgIpc) is 2.91. The van der Waals surface area contributed by atoms with Gasteiger partial charge in [0.2, 0.25) is 5.91 Å². The highest BCUT2D eigenvalue weighted by atomic mass is 17.1. The summed E-state index contributed by atoms with van der Waals surface area (Å²) in [5.41, 5.74) is 0. The highest BCUT2D eigenvalue weighted by Gasteiger charge is 2.30. The van der Waals surface area contributed by atoms with E-state index in [9.17, 15) is 39.9 Å². The largest absolute Gasteiger partial charge is 0.480 e. The van der Waals surface area contributed by atoms with E-state index in [0.717, 1.165) is 0 Å². The van der Waals surface area contributed by atoms with Crippen molar-refractivity contribution in [1.82, 2.24) is 24.9 Å². The molecule has 0 saturated carbocycles. The first-order valence-electron chi connectivity index (χ1n) is 13.2. The second kappa shape index (κ2) is 20.8. The number of aliphatic carboxylic acids is 2. The third kappa shape index (κ3) is 13.1. The van der Waals surface area contributed by atoms with Crippen LogP contribution in [0.4, 0.5) is 0 Å². The Hall–Kier alpha value is -2.03. The highest BCUT2D eigenvalue weighted by Crippen LogP contribution is 2.10. The molecule has 17 heteroatoms. The Balaban J connectivity index is 3.17. The molecule has 1 heterocycles. The van der Waals surface area contributed by atoms with Crippen molar-refractivity contribution < 1.29 is 59.9 Å².